The van der Waals surface area contributed by atoms with Crippen molar-refractivity contribution >= 4 is 23.2 Å². The van der Waals surface area contributed by atoms with Gasteiger partial charge in [0.05, 0.1) is 29.7 Å². The second-order valence-electron chi connectivity index (χ2n) is 7.50. The van der Waals surface area contributed by atoms with Crippen LogP contribution < -0.4 is 10.1 Å². The number of carbonyl (C=O) groups is 1. The van der Waals surface area contributed by atoms with E-state index in [4.69, 9.17) is 21.1 Å². The predicted octanol–water partition coefficient (Wildman–Crippen LogP) is 5.13. The summed E-state index contributed by atoms with van der Waals surface area (Å²) in [6, 6.07) is 10.0. The molecule has 0 saturated heterocycles. The van der Waals surface area contributed by atoms with Gasteiger partial charge in [-0.05, 0) is 49.6 Å². The van der Waals surface area contributed by atoms with Crippen LogP contribution in [-0.4, -0.2) is 36.0 Å². The third-order valence-corrected chi connectivity index (χ3v) is 5.56. The first-order chi connectivity index (χ1) is 15.0. The SMILES string of the molecule is COCCOc1ccc(NC(=O)c2cnn(-c3ccc(C)c(Cl)c3)c2C2CC2)cc1F. The predicted molar refractivity (Wildman–Crippen MR) is 117 cm³/mol. The summed E-state index contributed by atoms with van der Waals surface area (Å²) in [4.78, 5) is 13.0. The highest BCUT2D eigenvalue weighted by Crippen LogP contribution is 2.43. The second kappa shape index (κ2) is 9.08. The van der Waals surface area contributed by atoms with Crippen LogP contribution in [0.4, 0.5) is 10.1 Å². The molecule has 0 bridgehead atoms. The third-order valence-electron chi connectivity index (χ3n) is 5.15. The van der Waals surface area contributed by atoms with E-state index < -0.39 is 5.82 Å². The van der Waals surface area contributed by atoms with E-state index in [1.54, 1.807) is 24.1 Å². The number of anilines is 1. The molecule has 2 aromatic carbocycles. The lowest BCUT2D eigenvalue weighted by Crippen LogP contribution is -2.14. The fourth-order valence-corrected chi connectivity index (χ4v) is 3.51. The van der Waals surface area contributed by atoms with Gasteiger partial charge in [-0.15, -0.1) is 0 Å². The largest absolute Gasteiger partial charge is 0.488 e. The quantitative estimate of drug-likeness (QED) is 0.490. The van der Waals surface area contributed by atoms with Crippen molar-refractivity contribution < 1.29 is 18.7 Å². The Morgan fingerprint density at radius 2 is 2.06 bits per heavy atom. The molecular weight excluding hydrogens is 421 g/mol. The molecule has 31 heavy (non-hydrogen) atoms. The Morgan fingerprint density at radius 3 is 2.74 bits per heavy atom. The van der Waals surface area contributed by atoms with E-state index in [1.807, 2.05) is 25.1 Å². The van der Waals surface area contributed by atoms with Crippen LogP contribution in [0.5, 0.6) is 5.75 Å². The summed E-state index contributed by atoms with van der Waals surface area (Å²) < 4.78 is 26.3. The van der Waals surface area contributed by atoms with Crippen molar-refractivity contribution in [3.8, 4) is 11.4 Å². The summed E-state index contributed by atoms with van der Waals surface area (Å²) in [6.07, 6.45) is 3.54. The second-order valence-corrected chi connectivity index (χ2v) is 7.91. The molecule has 1 fully saturated rings. The van der Waals surface area contributed by atoms with Crippen molar-refractivity contribution in [1.82, 2.24) is 9.78 Å². The zero-order valence-corrected chi connectivity index (χ0v) is 18.1. The van der Waals surface area contributed by atoms with Crippen LogP contribution >= 0.6 is 11.6 Å². The lowest BCUT2D eigenvalue weighted by molar-refractivity contribution is 0.102. The van der Waals surface area contributed by atoms with E-state index in [1.165, 1.54) is 12.1 Å². The first kappa shape index (κ1) is 21.3. The molecule has 0 radical (unpaired) electrons. The molecular formula is C23H23ClFN3O3. The zero-order valence-electron chi connectivity index (χ0n) is 17.3. The molecule has 0 aliphatic heterocycles. The molecule has 0 unspecified atom stereocenters. The van der Waals surface area contributed by atoms with Crippen LogP contribution in [0.1, 0.15) is 40.4 Å². The van der Waals surface area contributed by atoms with Crippen molar-refractivity contribution in [2.24, 2.45) is 0 Å². The normalized spacial score (nSPS) is 13.3. The van der Waals surface area contributed by atoms with Crippen LogP contribution in [0.3, 0.4) is 0 Å². The summed E-state index contributed by atoms with van der Waals surface area (Å²) in [5.74, 6) is -0.519. The Kier molecular flexibility index (Phi) is 6.25. The molecule has 3 aromatic rings. The van der Waals surface area contributed by atoms with Crippen molar-refractivity contribution in [2.45, 2.75) is 25.7 Å². The van der Waals surface area contributed by atoms with Gasteiger partial charge in [-0.3, -0.25) is 4.79 Å². The maximum Gasteiger partial charge on any atom is 0.259 e. The van der Waals surface area contributed by atoms with Crippen molar-refractivity contribution in [3.05, 3.63) is 70.3 Å². The fraction of sp³-hybridized carbons (Fsp3) is 0.304. The number of halogens is 2. The van der Waals surface area contributed by atoms with Gasteiger partial charge in [0, 0.05) is 29.8 Å². The van der Waals surface area contributed by atoms with Gasteiger partial charge < -0.3 is 14.8 Å². The molecule has 8 heteroatoms. The van der Waals surface area contributed by atoms with E-state index in [-0.39, 0.29) is 24.2 Å². The Balaban J connectivity index is 1.56. The van der Waals surface area contributed by atoms with Gasteiger partial charge in [0.2, 0.25) is 0 Å². The minimum atomic E-state index is -0.554. The van der Waals surface area contributed by atoms with Crippen LogP contribution in [0.2, 0.25) is 5.02 Å². The van der Waals surface area contributed by atoms with Crippen LogP contribution in [0.25, 0.3) is 5.69 Å². The number of aromatic nitrogens is 2. The molecule has 1 N–H and O–H groups in total. The van der Waals surface area contributed by atoms with E-state index in [0.717, 1.165) is 29.8 Å². The van der Waals surface area contributed by atoms with Crippen molar-refractivity contribution in [1.29, 1.82) is 0 Å². The maximum atomic E-state index is 14.3. The molecule has 4 rings (SSSR count). The summed E-state index contributed by atoms with van der Waals surface area (Å²) in [5, 5.41) is 7.85. The number of ether oxygens (including phenoxy) is 2. The van der Waals surface area contributed by atoms with Crippen LogP contribution in [0, 0.1) is 12.7 Å². The van der Waals surface area contributed by atoms with Gasteiger partial charge >= 0.3 is 0 Å². The molecule has 1 aromatic heterocycles. The summed E-state index contributed by atoms with van der Waals surface area (Å²) in [6.45, 7) is 2.53. The Hall–Kier alpha value is -2.90. The average Bonchev–Trinajstić information content (AvgIpc) is 3.49. The van der Waals surface area contributed by atoms with Gasteiger partial charge in [0.15, 0.2) is 11.6 Å². The lowest BCUT2D eigenvalue weighted by Gasteiger charge is -2.11. The molecule has 1 aliphatic rings. The number of carbonyl (C=O) groups excluding carboxylic acids is 1. The molecule has 6 nitrogen and oxygen atoms in total. The molecule has 1 aliphatic carbocycles. The monoisotopic (exact) mass is 443 g/mol. The van der Waals surface area contributed by atoms with E-state index in [0.29, 0.717) is 22.9 Å². The Morgan fingerprint density at radius 1 is 1.26 bits per heavy atom. The molecule has 1 heterocycles. The van der Waals surface area contributed by atoms with Crippen molar-refractivity contribution in [3.63, 3.8) is 0 Å². The topological polar surface area (TPSA) is 65.4 Å². The minimum absolute atomic E-state index is 0.109. The van der Waals surface area contributed by atoms with Gasteiger partial charge in [0.25, 0.3) is 5.91 Å². The maximum absolute atomic E-state index is 14.3. The number of hydrogen-bond donors (Lipinski definition) is 1. The van der Waals surface area contributed by atoms with Crippen molar-refractivity contribution in [2.75, 3.05) is 25.6 Å². The highest BCUT2D eigenvalue weighted by atomic mass is 35.5. The number of methoxy groups -OCH3 is 1. The smallest absolute Gasteiger partial charge is 0.259 e. The number of rotatable bonds is 8. The molecule has 1 saturated carbocycles. The third kappa shape index (κ3) is 4.73. The standard InChI is InChI=1S/C23H23ClFN3O3/c1-14-3-7-17(12-19(14)24)28-22(15-4-5-15)18(13-26-28)23(29)27-16-6-8-21(20(25)11-16)31-10-9-30-2/h3,6-8,11-13,15H,4-5,9-10H2,1-2H3,(H,27,29). The molecule has 1 amide bonds. The lowest BCUT2D eigenvalue weighted by atomic mass is 10.1. The zero-order chi connectivity index (χ0) is 22.0. The van der Waals surface area contributed by atoms with Crippen LogP contribution in [-0.2, 0) is 4.74 Å². The summed E-state index contributed by atoms with van der Waals surface area (Å²) >= 11 is 6.28. The number of nitrogens with one attached hydrogen (secondary N) is 1. The fourth-order valence-electron chi connectivity index (χ4n) is 3.33. The van der Waals surface area contributed by atoms with Gasteiger partial charge in [-0.1, -0.05) is 17.7 Å². The highest BCUT2D eigenvalue weighted by Gasteiger charge is 2.33. The number of benzene rings is 2. The molecule has 0 spiro atoms. The van der Waals surface area contributed by atoms with E-state index >= 15 is 0 Å². The van der Waals surface area contributed by atoms with Gasteiger partial charge in [-0.2, -0.15) is 5.10 Å². The van der Waals surface area contributed by atoms with E-state index in [2.05, 4.69) is 10.4 Å². The minimum Gasteiger partial charge on any atom is -0.488 e. The first-order valence-electron chi connectivity index (χ1n) is 10.0. The van der Waals surface area contributed by atoms with Gasteiger partial charge in [-0.25, -0.2) is 9.07 Å². The molecule has 0 atom stereocenters. The summed E-state index contributed by atoms with van der Waals surface area (Å²) in [5.41, 5.74) is 3.44. The number of amides is 1. The number of nitrogens with zero attached hydrogens (tertiary/aromatic N) is 2. The average molecular weight is 444 g/mol. The number of aryl methyl sites for hydroxylation is 1. The van der Waals surface area contributed by atoms with Crippen LogP contribution in [0.15, 0.2) is 42.6 Å². The highest BCUT2D eigenvalue weighted by molar-refractivity contribution is 6.31. The Bertz CT molecular complexity index is 1110. The van der Waals surface area contributed by atoms with E-state index in [9.17, 15) is 9.18 Å². The van der Waals surface area contributed by atoms with Gasteiger partial charge in [0.1, 0.15) is 6.61 Å². The number of hydrogen-bond acceptors (Lipinski definition) is 4. The summed E-state index contributed by atoms with van der Waals surface area (Å²) in [7, 11) is 1.55. The molecule has 162 valence electrons. The first-order valence-corrected chi connectivity index (χ1v) is 10.4. The Labute approximate surface area is 184 Å².